The summed E-state index contributed by atoms with van der Waals surface area (Å²) in [7, 11) is -2.05. The molecule has 1 aliphatic rings. The number of piperidine rings is 1. The summed E-state index contributed by atoms with van der Waals surface area (Å²) in [6.45, 7) is 2.88. The van der Waals surface area contributed by atoms with E-state index in [1.807, 2.05) is 18.3 Å². The van der Waals surface area contributed by atoms with E-state index in [0.29, 0.717) is 11.9 Å². The molecule has 0 amide bonds. The molecule has 134 valence electrons. The van der Waals surface area contributed by atoms with E-state index in [0.717, 1.165) is 38.2 Å². The van der Waals surface area contributed by atoms with Crippen LogP contribution in [0.1, 0.15) is 18.5 Å². The Hall–Kier alpha value is -2.03. The van der Waals surface area contributed by atoms with Crippen LogP contribution in [0.3, 0.4) is 0 Å². The van der Waals surface area contributed by atoms with Crippen molar-refractivity contribution in [2.24, 2.45) is 0 Å². The summed E-state index contributed by atoms with van der Waals surface area (Å²) in [6, 6.07) is 9.62. The van der Waals surface area contributed by atoms with Crippen molar-refractivity contribution in [2.75, 3.05) is 25.5 Å². The van der Waals surface area contributed by atoms with Crippen LogP contribution in [0, 0.1) is 0 Å². The molecule has 0 aliphatic carbocycles. The zero-order valence-electron chi connectivity index (χ0n) is 14.2. The van der Waals surface area contributed by atoms with Crippen molar-refractivity contribution in [3.63, 3.8) is 0 Å². The Kier molecular flexibility index (Phi) is 5.62. The first-order valence-electron chi connectivity index (χ1n) is 8.35. The Morgan fingerprint density at radius 1 is 1.16 bits per heavy atom. The molecule has 2 aromatic heterocycles. The Morgan fingerprint density at radius 2 is 1.96 bits per heavy atom. The molecule has 1 aliphatic heterocycles. The van der Waals surface area contributed by atoms with Gasteiger partial charge in [0.1, 0.15) is 10.7 Å². The minimum absolute atomic E-state index is 0.172. The SMILES string of the molecule is CNS(=O)(=O)c1ccc(NC2CCN(Cc3ccccn3)CC2)nc1. The maximum atomic E-state index is 11.7. The van der Waals surface area contributed by atoms with Gasteiger partial charge in [-0.15, -0.1) is 0 Å². The maximum Gasteiger partial charge on any atom is 0.241 e. The molecule has 3 rings (SSSR count). The van der Waals surface area contributed by atoms with Crippen LogP contribution in [0.25, 0.3) is 0 Å². The van der Waals surface area contributed by atoms with Gasteiger partial charge in [0.2, 0.25) is 10.0 Å². The second-order valence-corrected chi connectivity index (χ2v) is 7.99. The molecule has 0 radical (unpaired) electrons. The second-order valence-electron chi connectivity index (χ2n) is 6.10. The van der Waals surface area contributed by atoms with Crippen molar-refractivity contribution in [1.82, 2.24) is 19.6 Å². The molecular weight excluding hydrogens is 338 g/mol. The molecule has 0 aromatic carbocycles. The molecule has 7 nitrogen and oxygen atoms in total. The van der Waals surface area contributed by atoms with Crippen LogP contribution >= 0.6 is 0 Å². The van der Waals surface area contributed by atoms with Crippen molar-refractivity contribution >= 4 is 15.8 Å². The number of aromatic nitrogens is 2. The fraction of sp³-hybridized carbons (Fsp3) is 0.412. The van der Waals surface area contributed by atoms with Gasteiger partial charge in [0, 0.05) is 38.1 Å². The van der Waals surface area contributed by atoms with Gasteiger partial charge in [0.15, 0.2) is 0 Å². The molecule has 0 saturated carbocycles. The first-order chi connectivity index (χ1) is 12.1. The van der Waals surface area contributed by atoms with Crippen molar-refractivity contribution in [3.05, 3.63) is 48.4 Å². The largest absolute Gasteiger partial charge is 0.367 e. The summed E-state index contributed by atoms with van der Waals surface area (Å²) >= 11 is 0. The predicted molar refractivity (Wildman–Crippen MR) is 96.6 cm³/mol. The Labute approximate surface area is 148 Å². The van der Waals surface area contributed by atoms with Gasteiger partial charge in [0.05, 0.1) is 5.69 Å². The fourth-order valence-electron chi connectivity index (χ4n) is 2.91. The summed E-state index contributed by atoms with van der Waals surface area (Å²) in [6.07, 6.45) is 5.24. The maximum absolute atomic E-state index is 11.7. The van der Waals surface area contributed by atoms with Gasteiger partial charge in [-0.1, -0.05) is 6.07 Å². The van der Waals surface area contributed by atoms with Gasteiger partial charge in [-0.2, -0.15) is 0 Å². The molecule has 0 spiro atoms. The molecule has 0 bridgehead atoms. The highest BCUT2D eigenvalue weighted by atomic mass is 32.2. The van der Waals surface area contributed by atoms with Gasteiger partial charge in [0.25, 0.3) is 0 Å². The molecule has 0 unspecified atom stereocenters. The lowest BCUT2D eigenvalue weighted by Gasteiger charge is -2.32. The summed E-state index contributed by atoms with van der Waals surface area (Å²) in [5.41, 5.74) is 1.09. The van der Waals surface area contributed by atoms with E-state index in [9.17, 15) is 8.42 Å². The van der Waals surface area contributed by atoms with Crippen LogP contribution in [0.5, 0.6) is 0 Å². The average molecular weight is 361 g/mol. The number of hydrogen-bond acceptors (Lipinski definition) is 6. The molecular formula is C17H23N5O2S. The van der Waals surface area contributed by atoms with Gasteiger partial charge >= 0.3 is 0 Å². The first-order valence-corrected chi connectivity index (χ1v) is 9.83. The Bertz CT molecular complexity index is 772. The monoisotopic (exact) mass is 361 g/mol. The van der Waals surface area contributed by atoms with E-state index >= 15 is 0 Å². The van der Waals surface area contributed by atoms with Crippen molar-refractivity contribution in [2.45, 2.75) is 30.3 Å². The quantitative estimate of drug-likeness (QED) is 0.810. The van der Waals surface area contributed by atoms with Gasteiger partial charge in [-0.3, -0.25) is 9.88 Å². The second kappa shape index (κ2) is 7.90. The van der Waals surface area contributed by atoms with Gasteiger partial charge < -0.3 is 5.32 Å². The topological polar surface area (TPSA) is 87.2 Å². The number of anilines is 1. The number of nitrogens with zero attached hydrogens (tertiary/aromatic N) is 3. The zero-order valence-corrected chi connectivity index (χ0v) is 15.0. The number of rotatable bonds is 6. The highest BCUT2D eigenvalue weighted by Crippen LogP contribution is 2.17. The summed E-state index contributed by atoms with van der Waals surface area (Å²) in [4.78, 5) is 11.2. The first kappa shape index (κ1) is 17.8. The van der Waals surface area contributed by atoms with Crippen LogP contribution in [0.15, 0.2) is 47.6 Å². The summed E-state index contributed by atoms with van der Waals surface area (Å²) in [5, 5.41) is 3.39. The summed E-state index contributed by atoms with van der Waals surface area (Å²) in [5.74, 6) is 0.707. The van der Waals surface area contributed by atoms with Crippen molar-refractivity contribution in [1.29, 1.82) is 0 Å². The third kappa shape index (κ3) is 4.75. The highest BCUT2D eigenvalue weighted by molar-refractivity contribution is 7.89. The van der Waals surface area contributed by atoms with E-state index in [1.165, 1.54) is 13.2 Å². The standard InChI is InChI=1S/C17H23N5O2S/c1-18-25(23,24)16-5-6-17(20-12-16)21-14-7-10-22(11-8-14)13-15-4-2-3-9-19-15/h2-6,9,12,14,18H,7-8,10-11,13H2,1H3,(H,20,21). The predicted octanol–water partition coefficient (Wildman–Crippen LogP) is 1.46. The van der Waals surface area contributed by atoms with Crippen LogP contribution in [0.2, 0.25) is 0 Å². The van der Waals surface area contributed by atoms with Crippen molar-refractivity contribution < 1.29 is 8.42 Å². The van der Waals surface area contributed by atoms with Crippen molar-refractivity contribution in [3.8, 4) is 0 Å². The summed E-state index contributed by atoms with van der Waals surface area (Å²) < 4.78 is 25.7. The van der Waals surface area contributed by atoms with E-state index in [1.54, 1.807) is 12.1 Å². The molecule has 1 fully saturated rings. The van der Waals surface area contributed by atoms with Crippen LogP contribution in [-0.4, -0.2) is 49.5 Å². The number of sulfonamides is 1. The molecule has 25 heavy (non-hydrogen) atoms. The molecule has 0 atom stereocenters. The molecule has 1 saturated heterocycles. The molecule has 3 heterocycles. The van der Waals surface area contributed by atoms with Crippen LogP contribution in [0.4, 0.5) is 5.82 Å². The molecule has 8 heteroatoms. The minimum atomic E-state index is -3.44. The van der Waals surface area contributed by atoms with E-state index in [4.69, 9.17) is 0 Å². The van der Waals surface area contributed by atoms with E-state index in [-0.39, 0.29) is 4.90 Å². The lowest BCUT2D eigenvalue weighted by molar-refractivity contribution is 0.209. The molecule has 2 aromatic rings. The third-order valence-electron chi connectivity index (χ3n) is 4.37. The smallest absolute Gasteiger partial charge is 0.241 e. The zero-order chi connectivity index (χ0) is 17.7. The lowest BCUT2D eigenvalue weighted by atomic mass is 10.0. The number of hydrogen-bond donors (Lipinski definition) is 2. The Morgan fingerprint density at radius 3 is 2.56 bits per heavy atom. The number of nitrogens with one attached hydrogen (secondary N) is 2. The number of likely N-dealkylation sites (tertiary alicyclic amines) is 1. The van der Waals surface area contributed by atoms with E-state index in [2.05, 4.69) is 31.0 Å². The average Bonchev–Trinajstić information content (AvgIpc) is 2.65. The normalized spacial score (nSPS) is 16.7. The number of pyridine rings is 2. The van der Waals surface area contributed by atoms with Crippen LogP contribution in [-0.2, 0) is 16.6 Å². The van der Waals surface area contributed by atoms with Gasteiger partial charge in [-0.05, 0) is 44.2 Å². The van der Waals surface area contributed by atoms with Crippen LogP contribution < -0.4 is 10.0 Å². The highest BCUT2D eigenvalue weighted by Gasteiger charge is 2.20. The minimum Gasteiger partial charge on any atom is -0.367 e. The lowest BCUT2D eigenvalue weighted by Crippen LogP contribution is -2.38. The molecule has 2 N–H and O–H groups in total. The Balaban J connectivity index is 1.50. The van der Waals surface area contributed by atoms with Gasteiger partial charge in [-0.25, -0.2) is 18.1 Å². The third-order valence-corrected chi connectivity index (χ3v) is 5.77. The van der Waals surface area contributed by atoms with E-state index < -0.39 is 10.0 Å². The fourth-order valence-corrected chi connectivity index (χ4v) is 3.58.